The highest BCUT2D eigenvalue weighted by molar-refractivity contribution is 5.92. The van der Waals surface area contributed by atoms with Gasteiger partial charge in [-0.05, 0) is 17.9 Å². The lowest BCUT2D eigenvalue weighted by Crippen LogP contribution is -2.47. The third-order valence-corrected chi connectivity index (χ3v) is 4.02. The molecule has 1 aromatic heterocycles. The minimum absolute atomic E-state index is 0.126. The molecule has 0 aliphatic rings. The molecule has 0 saturated heterocycles. The van der Waals surface area contributed by atoms with Gasteiger partial charge in [0.05, 0.1) is 12.5 Å². The minimum atomic E-state index is -4.72. The molecule has 0 saturated carbocycles. The Morgan fingerprint density at radius 3 is 2.54 bits per heavy atom. The van der Waals surface area contributed by atoms with Crippen molar-refractivity contribution in [3.8, 4) is 0 Å². The normalized spacial score (nSPS) is 13.2. The van der Waals surface area contributed by atoms with Crippen molar-refractivity contribution in [2.24, 2.45) is 17.2 Å². The molecule has 0 fully saturated rings. The zero-order chi connectivity index (χ0) is 20.1. The highest BCUT2D eigenvalue weighted by atomic mass is 19.4. The van der Waals surface area contributed by atoms with Crippen molar-refractivity contribution in [1.82, 2.24) is 15.0 Å². The summed E-state index contributed by atoms with van der Waals surface area (Å²) in [7, 11) is 0. The number of anilines is 1. The Morgan fingerprint density at radius 2 is 2.04 bits per heavy atom. The standard InChI is InChI=1S/C15H22F3N5O3/c1-4-14(2,3)7-10(8-22(26)9-24)12(25)23(19)13-20-6-5-11(21-13)15(16,17)18/h5-6,9-10,26H,4,7-8,19H2,1-3H3/t10-/m1/s1. The Kier molecular flexibility index (Phi) is 7.04. The largest absolute Gasteiger partial charge is 0.433 e. The van der Waals surface area contributed by atoms with E-state index in [4.69, 9.17) is 5.84 Å². The van der Waals surface area contributed by atoms with Crippen LogP contribution in [-0.4, -0.2) is 39.1 Å². The van der Waals surface area contributed by atoms with Crippen LogP contribution in [0.1, 0.15) is 39.3 Å². The van der Waals surface area contributed by atoms with Gasteiger partial charge in [0, 0.05) is 6.20 Å². The Labute approximate surface area is 148 Å². The molecule has 0 aliphatic carbocycles. The predicted molar refractivity (Wildman–Crippen MR) is 85.4 cm³/mol. The number of carbonyl (C=O) groups excluding carboxylic acids is 2. The molecule has 0 radical (unpaired) electrons. The summed E-state index contributed by atoms with van der Waals surface area (Å²) in [5, 5.41) is 10.1. The average molecular weight is 377 g/mol. The molecule has 0 unspecified atom stereocenters. The molecule has 3 N–H and O–H groups in total. The number of alkyl halides is 3. The van der Waals surface area contributed by atoms with E-state index in [2.05, 4.69) is 9.97 Å². The Morgan fingerprint density at radius 1 is 1.42 bits per heavy atom. The van der Waals surface area contributed by atoms with E-state index in [1.807, 2.05) is 20.8 Å². The minimum Gasteiger partial charge on any atom is -0.286 e. The van der Waals surface area contributed by atoms with Crippen LogP contribution in [0.15, 0.2) is 12.3 Å². The molecule has 1 heterocycles. The molecule has 2 amide bonds. The van der Waals surface area contributed by atoms with E-state index in [1.165, 1.54) is 0 Å². The summed E-state index contributed by atoms with van der Waals surface area (Å²) in [5.41, 5.74) is -1.58. The van der Waals surface area contributed by atoms with E-state index >= 15 is 0 Å². The number of aromatic nitrogens is 2. The van der Waals surface area contributed by atoms with Crippen LogP contribution in [0.25, 0.3) is 0 Å². The highest BCUT2D eigenvalue weighted by Gasteiger charge is 2.35. The van der Waals surface area contributed by atoms with E-state index < -0.39 is 29.6 Å². The molecule has 1 rings (SSSR count). The van der Waals surface area contributed by atoms with Crippen LogP contribution < -0.4 is 10.9 Å². The van der Waals surface area contributed by atoms with E-state index in [0.717, 1.165) is 6.20 Å². The molecule has 0 bridgehead atoms. The van der Waals surface area contributed by atoms with Gasteiger partial charge in [-0.25, -0.2) is 25.9 Å². The van der Waals surface area contributed by atoms with Crippen molar-refractivity contribution < 1.29 is 28.0 Å². The van der Waals surface area contributed by atoms with Crippen molar-refractivity contribution in [2.75, 3.05) is 11.6 Å². The van der Waals surface area contributed by atoms with E-state index in [0.29, 0.717) is 17.5 Å². The van der Waals surface area contributed by atoms with Gasteiger partial charge >= 0.3 is 6.18 Å². The van der Waals surface area contributed by atoms with Gasteiger partial charge < -0.3 is 0 Å². The van der Waals surface area contributed by atoms with Gasteiger partial charge in [0.1, 0.15) is 5.69 Å². The van der Waals surface area contributed by atoms with Gasteiger partial charge in [0.2, 0.25) is 18.3 Å². The number of hydrogen-bond donors (Lipinski definition) is 2. The van der Waals surface area contributed by atoms with Gasteiger partial charge in [-0.1, -0.05) is 27.2 Å². The van der Waals surface area contributed by atoms with Crippen LogP contribution in [0, 0.1) is 11.3 Å². The maximum Gasteiger partial charge on any atom is 0.433 e. The fraction of sp³-hybridized carbons (Fsp3) is 0.600. The maximum atomic E-state index is 12.8. The molecule has 0 aliphatic heterocycles. The van der Waals surface area contributed by atoms with Crippen molar-refractivity contribution >= 4 is 18.3 Å². The zero-order valence-electron chi connectivity index (χ0n) is 14.7. The van der Waals surface area contributed by atoms with E-state index in [-0.39, 0.29) is 29.9 Å². The molecule has 26 heavy (non-hydrogen) atoms. The lowest BCUT2D eigenvalue weighted by atomic mass is 9.80. The number of amides is 2. The second kappa shape index (κ2) is 8.41. The van der Waals surface area contributed by atoms with Crippen LogP contribution in [0.2, 0.25) is 0 Å². The summed E-state index contributed by atoms with van der Waals surface area (Å²) >= 11 is 0. The third kappa shape index (κ3) is 5.92. The third-order valence-electron chi connectivity index (χ3n) is 4.02. The number of carbonyl (C=O) groups is 2. The maximum absolute atomic E-state index is 12.8. The molecule has 8 nitrogen and oxygen atoms in total. The highest BCUT2D eigenvalue weighted by Crippen LogP contribution is 2.31. The van der Waals surface area contributed by atoms with E-state index in [9.17, 15) is 28.0 Å². The first kappa shape index (κ1) is 21.8. The van der Waals surface area contributed by atoms with Gasteiger partial charge in [0.15, 0.2) is 0 Å². The predicted octanol–water partition coefficient (Wildman–Crippen LogP) is 1.99. The van der Waals surface area contributed by atoms with Gasteiger partial charge in [0.25, 0.3) is 0 Å². The quantitative estimate of drug-likeness (QED) is 0.236. The number of nitrogens with zero attached hydrogens (tertiary/aromatic N) is 4. The van der Waals surface area contributed by atoms with Gasteiger partial charge in [-0.15, -0.1) is 0 Å². The molecule has 0 aromatic carbocycles. The summed E-state index contributed by atoms with van der Waals surface area (Å²) in [6, 6.07) is 0.654. The van der Waals surface area contributed by atoms with Crippen molar-refractivity contribution in [1.29, 1.82) is 0 Å². The number of hydrazine groups is 1. The second-order valence-corrected chi connectivity index (χ2v) is 6.59. The lowest BCUT2D eigenvalue weighted by Gasteiger charge is -2.30. The molecular formula is C15H22F3N5O3. The first-order valence-electron chi connectivity index (χ1n) is 7.81. The van der Waals surface area contributed by atoms with Crippen LogP contribution in [0.4, 0.5) is 19.1 Å². The van der Waals surface area contributed by atoms with Crippen LogP contribution in [0.3, 0.4) is 0 Å². The van der Waals surface area contributed by atoms with Crippen LogP contribution >= 0.6 is 0 Å². The number of nitrogens with two attached hydrogens (primary N) is 1. The molecule has 0 spiro atoms. The molecular weight excluding hydrogens is 355 g/mol. The van der Waals surface area contributed by atoms with E-state index in [1.54, 1.807) is 0 Å². The summed E-state index contributed by atoms with van der Waals surface area (Å²) < 4.78 is 38.3. The Hall–Kier alpha value is -2.27. The molecule has 1 atom stereocenters. The van der Waals surface area contributed by atoms with Crippen LogP contribution in [0.5, 0.6) is 0 Å². The molecule has 146 valence electrons. The average Bonchev–Trinajstić information content (AvgIpc) is 2.58. The summed E-state index contributed by atoms with van der Waals surface area (Å²) in [6.45, 7) is 5.28. The van der Waals surface area contributed by atoms with Crippen LogP contribution in [-0.2, 0) is 15.8 Å². The van der Waals surface area contributed by atoms with Gasteiger partial charge in [-0.2, -0.15) is 13.2 Å². The number of hydrogen-bond acceptors (Lipinski definition) is 6. The first-order valence-corrected chi connectivity index (χ1v) is 7.81. The monoisotopic (exact) mass is 377 g/mol. The topological polar surface area (TPSA) is 113 Å². The summed E-state index contributed by atoms with van der Waals surface area (Å²) in [4.78, 5) is 30.2. The Bertz CT molecular complexity index is 639. The second-order valence-electron chi connectivity index (χ2n) is 6.59. The first-order chi connectivity index (χ1) is 11.9. The Balaban J connectivity index is 3.11. The fourth-order valence-electron chi connectivity index (χ4n) is 2.23. The van der Waals surface area contributed by atoms with Crippen molar-refractivity contribution in [3.05, 3.63) is 18.0 Å². The zero-order valence-corrected chi connectivity index (χ0v) is 14.7. The van der Waals surface area contributed by atoms with Gasteiger partial charge in [-0.3, -0.25) is 14.8 Å². The summed E-state index contributed by atoms with van der Waals surface area (Å²) in [5.74, 6) is 3.24. The summed E-state index contributed by atoms with van der Waals surface area (Å²) in [6.07, 6.45) is -2.83. The fourth-order valence-corrected chi connectivity index (χ4v) is 2.23. The van der Waals surface area contributed by atoms with Crippen molar-refractivity contribution in [2.45, 2.75) is 39.8 Å². The van der Waals surface area contributed by atoms with Crippen molar-refractivity contribution in [3.63, 3.8) is 0 Å². The molecule has 11 heteroatoms. The number of halogens is 3. The number of hydroxylamine groups is 2. The smallest absolute Gasteiger partial charge is 0.286 e. The molecule has 1 aromatic rings. The lowest BCUT2D eigenvalue weighted by molar-refractivity contribution is -0.155. The number of rotatable bonds is 8. The SMILES string of the molecule is CCC(C)(C)C[C@H](CN(O)C=O)C(=O)N(N)c1nccc(C(F)(F)F)n1.